The van der Waals surface area contributed by atoms with Crippen molar-refractivity contribution in [2.45, 2.75) is 18.8 Å². The fourth-order valence-corrected chi connectivity index (χ4v) is 4.13. The SMILES string of the molecule is Cn1cc(C(=O)N2CCC(c3nc(-c4ccccc4)no3)CC2)c(-c2ccc(F)cc2F)n1. The van der Waals surface area contributed by atoms with Crippen LogP contribution >= 0.6 is 0 Å². The third-order valence-corrected chi connectivity index (χ3v) is 5.85. The van der Waals surface area contributed by atoms with Gasteiger partial charge in [0, 0.05) is 49.4 Å². The molecule has 0 unspecified atom stereocenters. The Labute approximate surface area is 188 Å². The van der Waals surface area contributed by atoms with Crippen LogP contribution in [0.25, 0.3) is 22.6 Å². The van der Waals surface area contributed by atoms with E-state index >= 15 is 0 Å². The van der Waals surface area contributed by atoms with E-state index in [2.05, 4.69) is 15.2 Å². The molecule has 0 spiro atoms. The van der Waals surface area contributed by atoms with Gasteiger partial charge in [-0.1, -0.05) is 35.5 Å². The summed E-state index contributed by atoms with van der Waals surface area (Å²) in [7, 11) is 1.66. The number of piperidine rings is 1. The zero-order chi connectivity index (χ0) is 22.9. The van der Waals surface area contributed by atoms with E-state index in [4.69, 9.17) is 4.52 Å². The van der Waals surface area contributed by atoms with E-state index in [9.17, 15) is 13.6 Å². The monoisotopic (exact) mass is 449 g/mol. The number of carbonyl (C=O) groups is 1. The number of amides is 1. The molecule has 1 saturated heterocycles. The van der Waals surface area contributed by atoms with E-state index < -0.39 is 11.6 Å². The maximum absolute atomic E-state index is 14.4. The fraction of sp³-hybridized carbons (Fsp3) is 0.250. The second kappa shape index (κ2) is 8.57. The lowest BCUT2D eigenvalue weighted by molar-refractivity contribution is 0.0705. The van der Waals surface area contributed by atoms with E-state index in [1.165, 1.54) is 10.7 Å². The summed E-state index contributed by atoms with van der Waals surface area (Å²) < 4.78 is 34.6. The number of aryl methyl sites for hydroxylation is 1. The van der Waals surface area contributed by atoms with Gasteiger partial charge in [0.2, 0.25) is 11.7 Å². The first-order chi connectivity index (χ1) is 16.0. The molecule has 5 rings (SSSR count). The number of rotatable bonds is 4. The Morgan fingerprint density at radius 2 is 1.85 bits per heavy atom. The number of carbonyl (C=O) groups excluding carboxylic acids is 1. The summed E-state index contributed by atoms with van der Waals surface area (Å²) in [5.74, 6) is -0.509. The largest absolute Gasteiger partial charge is 0.339 e. The van der Waals surface area contributed by atoms with E-state index in [1.807, 2.05) is 30.3 Å². The summed E-state index contributed by atoms with van der Waals surface area (Å²) in [6, 6.07) is 12.8. The highest BCUT2D eigenvalue weighted by atomic mass is 19.1. The fourth-order valence-electron chi connectivity index (χ4n) is 4.13. The van der Waals surface area contributed by atoms with Crippen LogP contribution in [0.3, 0.4) is 0 Å². The second-order valence-corrected chi connectivity index (χ2v) is 8.08. The molecule has 0 atom stereocenters. The number of likely N-dealkylation sites (tertiary alicyclic amines) is 1. The Bertz CT molecular complexity index is 1290. The van der Waals surface area contributed by atoms with Crippen molar-refractivity contribution in [3.8, 4) is 22.6 Å². The Kier molecular flexibility index (Phi) is 5.45. The minimum Gasteiger partial charge on any atom is -0.339 e. The summed E-state index contributed by atoms with van der Waals surface area (Å²) in [6.07, 6.45) is 2.90. The highest BCUT2D eigenvalue weighted by Gasteiger charge is 2.30. The van der Waals surface area contributed by atoms with Crippen molar-refractivity contribution >= 4 is 5.91 Å². The van der Waals surface area contributed by atoms with Crippen molar-refractivity contribution in [1.82, 2.24) is 24.8 Å². The quantitative estimate of drug-likeness (QED) is 0.461. The number of hydrogen-bond donors (Lipinski definition) is 0. The van der Waals surface area contributed by atoms with Gasteiger partial charge in [0.25, 0.3) is 5.91 Å². The molecule has 0 aliphatic carbocycles. The van der Waals surface area contributed by atoms with E-state index in [-0.39, 0.29) is 28.6 Å². The van der Waals surface area contributed by atoms with Crippen LogP contribution in [0.2, 0.25) is 0 Å². The molecule has 0 N–H and O–H groups in total. The van der Waals surface area contributed by atoms with Crippen LogP contribution in [0.4, 0.5) is 8.78 Å². The third-order valence-electron chi connectivity index (χ3n) is 5.85. The van der Waals surface area contributed by atoms with Gasteiger partial charge in [0.05, 0.1) is 5.56 Å². The maximum atomic E-state index is 14.4. The first-order valence-corrected chi connectivity index (χ1v) is 10.7. The first-order valence-electron chi connectivity index (χ1n) is 10.7. The van der Waals surface area contributed by atoms with E-state index in [0.717, 1.165) is 17.7 Å². The molecule has 7 nitrogen and oxygen atoms in total. The number of nitrogens with zero attached hydrogens (tertiary/aromatic N) is 5. The predicted octanol–water partition coefficient (Wildman–Crippen LogP) is 4.44. The molecule has 0 radical (unpaired) electrons. The summed E-state index contributed by atoms with van der Waals surface area (Å²) in [6.45, 7) is 0.986. The van der Waals surface area contributed by atoms with E-state index in [0.29, 0.717) is 37.6 Å². The van der Waals surface area contributed by atoms with Crippen molar-refractivity contribution in [2.24, 2.45) is 7.05 Å². The number of hydrogen-bond acceptors (Lipinski definition) is 5. The van der Waals surface area contributed by atoms with Gasteiger partial charge in [-0.3, -0.25) is 9.48 Å². The van der Waals surface area contributed by atoms with Crippen molar-refractivity contribution in [2.75, 3.05) is 13.1 Å². The van der Waals surface area contributed by atoms with Crippen molar-refractivity contribution in [1.29, 1.82) is 0 Å². The van der Waals surface area contributed by atoms with Gasteiger partial charge in [-0.05, 0) is 25.0 Å². The standard InChI is InChI=1S/C24H21F2N5O2/c1-30-14-19(21(28-30)18-8-7-17(25)13-20(18)26)24(32)31-11-9-16(10-12-31)23-27-22(29-33-23)15-5-3-2-4-6-15/h2-8,13-14,16H,9-12H2,1H3. The van der Waals surface area contributed by atoms with Gasteiger partial charge in [-0.15, -0.1) is 0 Å². The highest BCUT2D eigenvalue weighted by Crippen LogP contribution is 2.31. The van der Waals surface area contributed by atoms with Gasteiger partial charge in [-0.25, -0.2) is 8.78 Å². The lowest BCUT2D eigenvalue weighted by atomic mass is 9.96. The minimum atomic E-state index is -0.757. The van der Waals surface area contributed by atoms with Gasteiger partial charge in [0.15, 0.2) is 0 Å². The summed E-state index contributed by atoms with van der Waals surface area (Å²) in [4.78, 5) is 19.5. The van der Waals surface area contributed by atoms with Crippen LogP contribution in [0.1, 0.15) is 35.0 Å². The van der Waals surface area contributed by atoms with Crippen LogP contribution in [0.15, 0.2) is 59.3 Å². The van der Waals surface area contributed by atoms with E-state index in [1.54, 1.807) is 18.1 Å². The Morgan fingerprint density at radius 3 is 2.58 bits per heavy atom. The molecule has 1 aliphatic rings. The first kappa shape index (κ1) is 21.0. The highest BCUT2D eigenvalue weighted by molar-refractivity contribution is 6.00. The van der Waals surface area contributed by atoms with Crippen molar-refractivity contribution < 1.29 is 18.1 Å². The summed E-state index contributed by atoms with van der Waals surface area (Å²) in [5, 5.41) is 8.34. The second-order valence-electron chi connectivity index (χ2n) is 8.08. The zero-order valence-corrected chi connectivity index (χ0v) is 17.9. The average Bonchev–Trinajstić information content (AvgIpc) is 3.47. The Balaban J connectivity index is 1.30. The van der Waals surface area contributed by atoms with Gasteiger partial charge >= 0.3 is 0 Å². The van der Waals surface area contributed by atoms with Crippen LogP contribution in [-0.2, 0) is 7.05 Å². The third kappa shape index (κ3) is 4.13. The van der Waals surface area contributed by atoms with Crippen molar-refractivity contribution in [3.05, 3.63) is 77.8 Å². The molecule has 1 amide bonds. The number of aromatic nitrogens is 4. The average molecular weight is 449 g/mol. The topological polar surface area (TPSA) is 77.0 Å². The number of halogens is 2. The smallest absolute Gasteiger partial charge is 0.257 e. The van der Waals surface area contributed by atoms with Gasteiger partial charge in [-0.2, -0.15) is 10.1 Å². The van der Waals surface area contributed by atoms with Gasteiger partial charge < -0.3 is 9.42 Å². The molecule has 33 heavy (non-hydrogen) atoms. The molecular formula is C24H21F2N5O2. The molecule has 9 heteroatoms. The summed E-state index contributed by atoms with van der Waals surface area (Å²) in [5.41, 5.74) is 1.46. The lowest BCUT2D eigenvalue weighted by Crippen LogP contribution is -2.38. The zero-order valence-electron chi connectivity index (χ0n) is 17.9. The molecule has 168 valence electrons. The predicted molar refractivity (Wildman–Crippen MR) is 116 cm³/mol. The Morgan fingerprint density at radius 1 is 1.09 bits per heavy atom. The Hall–Kier alpha value is -3.88. The van der Waals surface area contributed by atoms with Crippen LogP contribution in [-0.4, -0.2) is 43.8 Å². The van der Waals surface area contributed by atoms with Crippen LogP contribution in [0, 0.1) is 11.6 Å². The molecule has 4 aromatic rings. The van der Waals surface area contributed by atoms with Gasteiger partial charge in [0.1, 0.15) is 17.3 Å². The van der Waals surface area contributed by atoms with Crippen molar-refractivity contribution in [3.63, 3.8) is 0 Å². The molecule has 1 aliphatic heterocycles. The minimum absolute atomic E-state index is 0.0573. The lowest BCUT2D eigenvalue weighted by Gasteiger charge is -2.30. The molecule has 2 aromatic carbocycles. The molecular weight excluding hydrogens is 428 g/mol. The number of benzene rings is 2. The normalized spacial score (nSPS) is 14.6. The molecule has 1 fully saturated rings. The molecule has 0 saturated carbocycles. The van der Waals surface area contributed by atoms with Crippen LogP contribution < -0.4 is 0 Å². The molecule has 3 heterocycles. The van der Waals surface area contributed by atoms with Crippen LogP contribution in [0.5, 0.6) is 0 Å². The maximum Gasteiger partial charge on any atom is 0.257 e. The molecule has 0 bridgehead atoms. The molecule has 2 aromatic heterocycles. The summed E-state index contributed by atoms with van der Waals surface area (Å²) >= 11 is 0.